The molecule has 3 aliphatic carbocycles. The zero-order valence-corrected chi connectivity index (χ0v) is 25.9. The highest BCUT2D eigenvalue weighted by atomic mass is 32.2. The fourth-order valence-electron chi connectivity index (χ4n) is 4.38. The molecule has 0 aromatic heterocycles. The third-order valence-electron chi connectivity index (χ3n) is 6.48. The summed E-state index contributed by atoms with van der Waals surface area (Å²) in [5.41, 5.74) is 5.41. The number of carbonyl (C=O) groups is 1. The van der Waals surface area contributed by atoms with Crippen LogP contribution in [0.1, 0.15) is 98.1 Å². The minimum absolute atomic E-state index is 0.0237. The van der Waals surface area contributed by atoms with Gasteiger partial charge in [-0.1, -0.05) is 67.5 Å². The monoisotopic (exact) mass is 570 g/mol. The van der Waals surface area contributed by atoms with Crippen molar-refractivity contribution in [2.75, 3.05) is 0 Å². The number of oxime groups is 1. The maximum Gasteiger partial charge on any atom is 0.308 e. The van der Waals surface area contributed by atoms with Crippen LogP contribution in [0.5, 0.6) is 0 Å². The second kappa shape index (κ2) is 13.8. The van der Waals surface area contributed by atoms with Crippen LogP contribution in [0.2, 0.25) is 0 Å². The molecule has 40 heavy (non-hydrogen) atoms. The molecule has 5 rings (SSSR count). The van der Waals surface area contributed by atoms with Crippen LogP contribution < -0.4 is 4.72 Å². The van der Waals surface area contributed by atoms with E-state index in [2.05, 4.69) is 46.3 Å². The molecule has 0 radical (unpaired) electrons. The van der Waals surface area contributed by atoms with Gasteiger partial charge in [0.25, 0.3) is 0 Å². The molecule has 2 aromatic rings. The first-order valence-electron chi connectivity index (χ1n) is 14.5. The first-order valence-corrected chi connectivity index (χ1v) is 16.0. The summed E-state index contributed by atoms with van der Waals surface area (Å²) in [6, 6.07) is 16.7. The number of benzene rings is 2. The van der Waals surface area contributed by atoms with Gasteiger partial charge < -0.3 is 9.57 Å². The standard InChI is InChI=1S/C17H17NO.C9H16O2.C6H13NO2S/c1-17(2,3)19-18-16-14-10-6-4-8-12(14)13-9-5-7-11-15(13)16;1-7(2)9(10)11-8-5-3-4-6-8;1-5(2)7-10(8,9)6-3-4-6/h4-11H,1-3H3;7-8H,3-6H2,1-2H3;5-7H,3-4H2,1-2H3. The first kappa shape index (κ1) is 31.8. The van der Waals surface area contributed by atoms with E-state index in [4.69, 9.17) is 9.57 Å². The molecule has 3 aliphatic rings. The molecule has 2 aromatic carbocycles. The van der Waals surface area contributed by atoms with E-state index in [1.54, 1.807) is 0 Å². The largest absolute Gasteiger partial charge is 0.462 e. The Balaban J connectivity index is 0.000000180. The molecule has 0 heterocycles. The Morgan fingerprint density at radius 2 is 1.32 bits per heavy atom. The smallest absolute Gasteiger partial charge is 0.308 e. The van der Waals surface area contributed by atoms with Gasteiger partial charge in [0.05, 0.1) is 11.2 Å². The zero-order valence-electron chi connectivity index (χ0n) is 25.1. The second-order valence-electron chi connectivity index (χ2n) is 12.2. The van der Waals surface area contributed by atoms with Crippen LogP contribution in [-0.4, -0.2) is 43.1 Å². The number of sulfonamides is 1. The van der Waals surface area contributed by atoms with Gasteiger partial charge in [0.15, 0.2) is 0 Å². The maximum atomic E-state index is 11.1. The number of carbonyl (C=O) groups excluding carboxylic acids is 1. The Morgan fingerprint density at radius 3 is 1.73 bits per heavy atom. The average Bonchev–Trinajstić information content (AvgIpc) is 3.54. The summed E-state index contributed by atoms with van der Waals surface area (Å²) in [5.74, 6) is -0.0208. The number of esters is 1. The lowest BCUT2D eigenvalue weighted by Crippen LogP contribution is -2.32. The molecule has 8 heteroatoms. The van der Waals surface area contributed by atoms with Crippen molar-refractivity contribution in [3.8, 4) is 11.1 Å². The van der Waals surface area contributed by atoms with E-state index in [1.807, 2.05) is 60.6 Å². The van der Waals surface area contributed by atoms with E-state index in [0.29, 0.717) is 0 Å². The molecule has 2 saturated carbocycles. The Morgan fingerprint density at radius 1 is 0.850 bits per heavy atom. The molecule has 2 fully saturated rings. The fraction of sp³-hybridized carbons (Fsp3) is 0.562. The van der Waals surface area contributed by atoms with Crippen molar-refractivity contribution in [1.29, 1.82) is 0 Å². The lowest BCUT2D eigenvalue weighted by molar-refractivity contribution is -0.152. The lowest BCUT2D eigenvalue weighted by atomic mass is 10.1. The zero-order chi connectivity index (χ0) is 29.5. The van der Waals surface area contributed by atoms with Crippen LogP contribution in [0.25, 0.3) is 11.1 Å². The summed E-state index contributed by atoms with van der Waals surface area (Å²) in [6.07, 6.45) is 6.47. The van der Waals surface area contributed by atoms with Crippen LogP contribution in [0, 0.1) is 5.92 Å². The summed E-state index contributed by atoms with van der Waals surface area (Å²) in [6.45, 7) is 13.4. The van der Waals surface area contributed by atoms with Crippen molar-refractivity contribution in [2.45, 2.75) is 110 Å². The number of hydrogen-bond acceptors (Lipinski definition) is 6. The van der Waals surface area contributed by atoms with Crippen LogP contribution in [0.4, 0.5) is 0 Å². The third-order valence-corrected chi connectivity index (χ3v) is 8.63. The summed E-state index contributed by atoms with van der Waals surface area (Å²) in [5, 5.41) is 4.31. The Hall–Kier alpha value is -2.71. The summed E-state index contributed by atoms with van der Waals surface area (Å²) >= 11 is 0. The third kappa shape index (κ3) is 9.44. The molecule has 0 bridgehead atoms. The van der Waals surface area contributed by atoms with Gasteiger partial charge in [-0.3, -0.25) is 4.79 Å². The van der Waals surface area contributed by atoms with Gasteiger partial charge in [0.2, 0.25) is 10.0 Å². The van der Waals surface area contributed by atoms with Gasteiger partial charge in [-0.2, -0.15) is 0 Å². The molecule has 0 spiro atoms. The summed E-state index contributed by atoms with van der Waals surface area (Å²) in [7, 11) is -2.94. The summed E-state index contributed by atoms with van der Waals surface area (Å²) in [4.78, 5) is 16.7. The predicted octanol–water partition coefficient (Wildman–Crippen LogP) is 6.84. The van der Waals surface area contributed by atoms with E-state index >= 15 is 0 Å². The highest BCUT2D eigenvalue weighted by Crippen LogP contribution is 2.36. The molecule has 220 valence electrons. The van der Waals surface area contributed by atoms with Crippen molar-refractivity contribution >= 4 is 21.7 Å². The molecular formula is C32H46N2O5S. The second-order valence-corrected chi connectivity index (χ2v) is 14.2. The van der Waals surface area contributed by atoms with Crippen LogP contribution in [0.3, 0.4) is 0 Å². The average molecular weight is 571 g/mol. The number of nitrogens with one attached hydrogen (secondary N) is 1. The highest BCUT2D eigenvalue weighted by molar-refractivity contribution is 7.90. The molecule has 0 amide bonds. The van der Waals surface area contributed by atoms with Crippen molar-refractivity contribution in [1.82, 2.24) is 4.72 Å². The SMILES string of the molecule is CC(C)(C)ON=C1c2ccccc2-c2ccccc21.CC(C)C(=O)OC1CCCC1.CC(C)NS(=O)(=O)C1CC1. The van der Waals surface area contributed by atoms with Crippen molar-refractivity contribution in [3.05, 3.63) is 59.7 Å². The molecule has 0 aliphatic heterocycles. The fourth-order valence-corrected chi connectivity index (χ4v) is 5.99. The van der Waals surface area contributed by atoms with Crippen molar-refractivity contribution in [2.24, 2.45) is 11.1 Å². The van der Waals surface area contributed by atoms with E-state index in [9.17, 15) is 13.2 Å². The normalized spacial score (nSPS) is 16.4. The van der Waals surface area contributed by atoms with Gasteiger partial charge in [-0.15, -0.1) is 0 Å². The van der Waals surface area contributed by atoms with Crippen LogP contribution in [0.15, 0.2) is 53.7 Å². The Labute approximate surface area is 240 Å². The minimum atomic E-state index is -2.94. The van der Waals surface area contributed by atoms with E-state index < -0.39 is 10.0 Å². The quantitative estimate of drug-likeness (QED) is 0.259. The first-order chi connectivity index (χ1) is 18.8. The molecular weight excluding hydrogens is 524 g/mol. The van der Waals surface area contributed by atoms with Crippen LogP contribution in [-0.2, 0) is 24.4 Å². The van der Waals surface area contributed by atoms with Gasteiger partial charge in [0.1, 0.15) is 17.4 Å². The van der Waals surface area contributed by atoms with Gasteiger partial charge in [-0.05, 0) is 84.3 Å². The molecule has 1 N–H and O–H groups in total. The van der Waals surface area contributed by atoms with E-state index in [0.717, 1.165) is 42.5 Å². The molecule has 7 nitrogen and oxygen atoms in total. The molecule has 0 atom stereocenters. The maximum absolute atomic E-state index is 11.1. The number of ether oxygens (including phenoxy) is 1. The summed E-state index contributed by atoms with van der Waals surface area (Å²) < 4.78 is 30.0. The van der Waals surface area contributed by atoms with Crippen molar-refractivity contribution in [3.63, 3.8) is 0 Å². The number of hydrogen-bond donors (Lipinski definition) is 1. The number of fused-ring (bicyclic) bond motifs is 3. The minimum Gasteiger partial charge on any atom is -0.462 e. The highest BCUT2D eigenvalue weighted by Gasteiger charge is 2.35. The van der Waals surface area contributed by atoms with Gasteiger partial charge >= 0.3 is 5.97 Å². The molecule has 0 saturated heterocycles. The lowest BCUT2D eigenvalue weighted by Gasteiger charge is -2.16. The van der Waals surface area contributed by atoms with Gasteiger partial charge in [0, 0.05) is 17.2 Å². The Bertz CT molecular complexity index is 1220. The van der Waals surface area contributed by atoms with Gasteiger partial charge in [-0.25, -0.2) is 13.1 Å². The van der Waals surface area contributed by atoms with Crippen molar-refractivity contribution < 1.29 is 22.8 Å². The number of rotatable bonds is 6. The number of nitrogens with zero attached hydrogens (tertiary/aromatic N) is 1. The topological polar surface area (TPSA) is 94.1 Å². The predicted molar refractivity (Wildman–Crippen MR) is 162 cm³/mol. The van der Waals surface area contributed by atoms with Crippen LogP contribution >= 0.6 is 0 Å². The molecule has 0 unspecified atom stereocenters. The Kier molecular flexibility index (Phi) is 11.0. The van der Waals surface area contributed by atoms with E-state index in [-0.39, 0.29) is 34.9 Å². The van der Waals surface area contributed by atoms with E-state index in [1.165, 1.54) is 24.0 Å².